The van der Waals surface area contributed by atoms with E-state index in [4.69, 9.17) is 24.7 Å². The molecule has 0 bridgehead atoms. The first-order chi connectivity index (χ1) is 26.9. The molecule has 2 aliphatic heterocycles. The number of phosphoric ester groups is 3. The van der Waals surface area contributed by atoms with Crippen molar-refractivity contribution in [3.05, 3.63) is 12.7 Å². The minimum atomic E-state index is -5.58. The van der Waals surface area contributed by atoms with Gasteiger partial charge in [0.15, 0.2) is 17.7 Å². The number of ether oxygens (including phenoxy) is 1. The number of hydrogen-bond donors (Lipinski definition) is 12. The van der Waals surface area contributed by atoms with E-state index in [0.717, 1.165) is 29.0 Å². The normalized spacial score (nSPS) is 26.6. The average Bonchev–Trinajstić information content (AvgIpc) is 3.82. The van der Waals surface area contributed by atoms with E-state index in [2.05, 4.69) is 45.2 Å². The van der Waals surface area contributed by atoms with Gasteiger partial charge < -0.3 is 56.1 Å². The second-order valence-electron chi connectivity index (χ2n) is 13.8. The number of nitrogens with one attached hydrogen (secondary N) is 4. The highest BCUT2D eigenvalue weighted by Gasteiger charge is 2.50. The molecule has 2 fully saturated rings. The average molecular weight is 910 g/mol. The smallest absolute Gasteiger partial charge is 0.386 e. The van der Waals surface area contributed by atoms with Gasteiger partial charge in [-0.2, -0.15) is 9.79 Å². The van der Waals surface area contributed by atoms with Gasteiger partial charge >= 0.3 is 23.5 Å². The van der Waals surface area contributed by atoms with Gasteiger partial charge in [0, 0.05) is 30.7 Å². The summed E-state index contributed by atoms with van der Waals surface area (Å²) in [5, 5.41) is 38.3. The van der Waals surface area contributed by atoms with Crippen molar-refractivity contribution in [3.8, 4) is 0 Å². The zero-order chi connectivity index (χ0) is 43.2. The molecule has 58 heavy (non-hydrogen) atoms. The molecule has 4 heterocycles. The van der Waals surface area contributed by atoms with Gasteiger partial charge in [0.25, 0.3) is 0 Å². The Morgan fingerprint density at radius 1 is 1.10 bits per heavy atom. The van der Waals surface area contributed by atoms with E-state index in [9.17, 15) is 57.9 Å². The fourth-order valence-corrected chi connectivity index (χ4v) is 9.43. The van der Waals surface area contributed by atoms with Crippen LogP contribution in [0.1, 0.15) is 39.8 Å². The van der Waals surface area contributed by atoms with Crippen LogP contribution >= 0.6 is 35.2 Å². The van der Waals surface area contributed by atoms with Crippen LogP contribution in [0.2, 0.25) is 0 Å². The second-order valence-corrected chi connectivity index (χ2v) is 19.1. The highest BCUT2D eigenvalue weighted by Crippen LogP contribution is 2.61. The zero-order valence-electron chi connectivity index (χ0n) is 31.0. The molecule has 0 aliphatic carbocycles. The topological polar surface area (TPSA) is 408 Å². The van der Waals surface area contributed by atoms with Crippen LogP contribution in [0, 0.1) is 11.3 Å². The standard InChI is InChI=1S/C27H46N9O18P3S/c1-13-8-15(35-42)34-17(13)26(41)58-7-6-29-16(37)4-5-30-24(40)21(39)27(2,3)10-51-57(48,49)54-56(46,47)50-9-14-20(53-55(43,44)45)19(38)25(52-14)36-12-33-18-22(28)31-11-32-23(18)36/h11-15,17,19-21,25,34-35,38-39,42H,4-10H2,1-3H3,(H,29,37)(H,30,40)(H,46,47)(H,48,49)(H2,28,31,32)(H2,43,44,45). The third kappa shape index (κ3) is 13.2. The predicted molar refractivity (Wildman–Crippen MR) is 197 cm³/mol. The first-order valence-electron chi connectivity index (χ1n) is 17.1. The van der Waals surface area contributed by atoms with Crippen molar-refractivity contribution < 1.29 is 85.7 Å². The number of hydroxylamine groups is 1. The summed E-state index contributed by atoms with van der Waals surface area (Å²) in [4.78, 5) is 88.2. The Kier molecular flexibility index (Phi) is 16.5. The molecule has 10 atom stereocenters. The quantitative estimate of drug-likeness (QED) is 0.0365. The van der Waals surface area contributed by atoms with E-state index < -0.39 is 90.6 Å². The van der Waals surface area contributed by atoms with Crippen molar-refractivity contribution in [2.24, 2.45) is 11.3 Å². The zero-order valence-corrected chi connectivity index (χ0v) is 34.5. The molecule has 0 aromatic carbocycles. The molecule has 2 aromatic heterocycles. The van der Waals surface area contributed by atoms with Gasteiger partial charge in [0.2, 0.25) is 16.9 Å². The van der Waals surface area contributed by atoms with E-state index in [0.29, 0.717) is 6.42 Å². The van der Waals surface area contributed by atoms with E-state index in [1.807, 2.05) is 6.92 Å². The van der Waals surface area contributed by atoms with Gasteiger partial charge in [-0.3, -0.25) is 37.8 Å². The summed E-state index contributed by atoms with van der Waals surface area (Å²) in [6.07, 6.45) is -6.83. The fraction of sp³-hybridized carbons (Fsp3) is 0.704. The van der Waals surface area contributed by atoms with E-state index in [1.54, 1.807) is 0 Å². The van der Waals surface area contributed by atoms with Gasteiger partial charge in [0.1, 0.15) is 36.3 Å². The van der Waals surface area contributed by atoms with Crippen LogP contribution in [-0.4, -0.2) is 140 Å². The Labute approximate surface area is 333 Å². The highest BCUT2D eigenvalue weighted by molar-refractivity contribution is 8.13. The maximum atomic E-state index is 12.7. The second kappa shape index (κ2) is 19.9. The summed E-state index contributed by atoms with van der Waals surface area (Å²) in [5.74, 6) is -1.24. The summed E-state index contributed by atoms with van der Waals surface area (Å²) in [5.41, 5.74) is 6.32. The molecule has 10 unspecified atom stereocenters. The lowest BCUT2D eigenvalue weighted by Crippen LogP contribution is -2.46. The van der Waals surface area contributed by atoms with Crippen molar-refractivity contribution in [2.75, 3.05) is 37.8 Å². The molecule has 0 radical (unpaired) electrons. The number of aromatic nitrogens is 4. The van der Waals surface area contributed by atoms with Gasteiger partial charge in [-0.25, -0.2) is 28.6 Å². The van der Waals surface area contributed by atoms with Crippen molar-refractivity contribution in [3.63, 3.8) is 0 Å². The molecule has 2 aromatic rings. The maximum absolute atomic E-state index is 12.7. The first kappa shape index (κ1) is 48.1. The van der Waals surface area contributed by atoms with Crippen molar-refractivity contribution in [1.29, 1.82) is 0 Å². The number of fused-ring (bicyclic) bond motifs is 1. The molecule has 4 rings (SSSR count). The molecule has 2 saturated heterocycles. The maximum Gasteiger partial charge on any atom is 0.481 e. The van der Waals surface area contributed by atoms with Gasteiger partial charge in [-0.15, -0.1) is 0 Å². The Balaban J connectivity index is 1.21. The number of anilines is 1. The summed E-state index contributed by atoms with van der Waals surface area (Å²) < 4.78 is 62.1. The monoisotopic (exact) mass is 909 g/mol. The van der Waals surface area contributed by atoms with Gasteiger partial charge in [0.05, 0.1) is 31.7 Å². The number of rotatable bonds is 21. The van der Waals surface area contributed by atoms with Crippen LogP contribution in [0.15, 0.2) is 12.7 Å². The summed E-state index contributed by atoms with van der Waals surface area (Å²) in [6, 6.07) is -0.456. The number of amides is 2. The van der Waals surface area contributed by atoms with E-state index in [1.165, 1.54) is 13.8 Å². The minimum absolute atomic E-state index is 0.00226. The number of phosphoric acid groups is 3. The summed E-state index contributed by atoms with van der Waals surface area (Å²) >= 11 is 1.01. The Bertz CT molecular complexity index is 1920. The first-order valence-corrected chi connectivity index (χ1v) is 22.7. The minimum Gasteiger partial charge on any atom is -0.386 e. The lowest BCUT2D eigenvalue weighted by Gasteiger charge is -2.30. The lowest BCUT2D eigenvalue weighted by molar-refractivity contribution is -0.137. The van der Waals surface area contributed by atoms with Crippen LogP contribution < -0.4 is 27.2 Å². The molecular formula is C27H46N9O18P3S. The predicted octanol–water partition coefficient (Wildman–Crippen LogP) is -2.03. The SMILES string of the molecule is CC1CC(NO)NC1C(=O)SCCNC(=O)CCNC(=O)C(O)C(C)(C)COP(=O)(O)OP(=O)(O)OCC1OC(n2cnc3c(N)ncnc32)C(O)C1OP(=O)(O)O. The summed E-state index contributed by atoms with van der Waals surface area (Å²) in [6.45, 7) is 2.24. The molecule has 27 nitrogen and oxygen atoms in total. The number of nitrogens with zero attached hydrogens (tertiary/aromatic N) is 4. The van der Waals surface area contributed by atoms with Crippen LogP contribution in [0.4, 0.5) is 5.82 Å². The van der Waals surface area contributed by atoms with Crippen molar-refractivity contribution >= 4 is 69.1 Å². The number of aliphatic hydroxyl groups is 2. The van der Waals surface area contributed by atoms with Crippen LogP contribution in [-0.2, 0) is 50.7 Å². The van der Waals surface area contributed by atoms with E-state index >= 15 is 0 Å². The molecule has 31 heteroatoms. The number of carbonyl (C=O) groups is 3. The number of nitrogen functional groups attached to an aromatic ring is 1. The van der Waals surface area contributed by atoms with Crippen LogP contribution in [0.25, 0.3) is 11.2 Å². The van der Waals surface area contributed by atoms with Crippen molar-refractivity contribution in [1.82, 2.24) is 40.9 Å². The van der Waals surface area contributed by atoms with Crippen LogP contribution in [0.5, 0.6) is 0 Å². The lowest BCUT2D eigenvalue weighted by atomic mass is 9.87. The Hall–Kier alpha value is -2.56. The molecule has 2 amide bonds. The Morgan fingerprint density at radius 3 is 2.45 bits per heavy atom. The number of carbonyl (C=O) groups excluding carboxylic acids is 3. The van der Waals surface area contributed by atoms with E-state index in [-0.39, 0.29) is 59.4 Å². The third-order valence-electron chi connectivity index (χ3n) is 8.71. The number of aliphatic hydroxyl groups excluding tert-OH is 2. The number of nitrogens with two attached hydrogens (primary N) is 1. The molecular weight excluding hydrogens is 863 g/mol. The molecule has 0 saturated carbocycles. The Morgan fingerprint density at radius 2 is 1.79 bits per heavy atom. The van der Waals surface area contributed by atoms with Crippen molar-refractivity contribution in [2.45, 2.75) is 76.5 Å². The summed E-state index contributed by atoms with van der Waals surface area (Å²) in [7, 11) is -16.4. The van der Waals surface area contributed by atoms with Gasteiger partial charge in [-0.05, 0) is 12.3 Å². The fourth-order valence-electron chi connectivity index (χ4n) is 5.72. The number of imidazole rings is 1. The number of thioether (sulfide) groups is 1. The molecule has 2 aliphatic rings. The van der Waals surface area contributed by atoms with Gasteiger partial charge in [-0.1, -0.05) is 32.5 Å². The number of hydrogen-bond acceptors (Lipinski definition) is 21. The highest BCUT2D eigenvalue weighted by atomic mass is 32.2. The third-order valence-corrected chi connectivity index (χ3v) is 12.8. The molecule has 0 spiro atoms. The van der Waals surface area contributed by atoms with Crippen LogP contribution in [0.3, 0.4) is 0 Å². The largest absolute Gasteiger partial charge is 0.481 e. The molecule has 328 valence electrons. The molecule has 13 N–H and O–H groups in total.